The average molecular weight is 389 g/mol. The van der Waals surface area contributed by atoms with Crippen LogP contribution in [0.2, 0.25) is 0 Å². The SMILES string of the molecule is COc1cc2c(cc1C)C(C)C(C)C(C)=C2S/C(NC(C)=O)=C(\C)C(N)=O. The van der Waals surface area contributed by atoms with Crippen molar-refractivity contribution < 1.29 is 14.3 Å². The molecule has 1 aromatic carbocycles. The Bertz CT molecular complexity index is 855. The minimum atomic E-state index is -0.552. The average Bonchev–Trinajstić information content (AvgIpc) is 2.61. The fourth-order valence-corrected chi connectivity index (χ4v) is 4.56. The third-order valence-electron chi connectivity index (χ3n) is 5.30. The molecule has 0 spiro atoms. The number of hydrogen-bond donors (Lipinski definition) is 2. The van der Waals surface area contributed by atoms with Gasteiger partial charge in [0, 0.05) is 17.4 Å². The summed E-state index contributed by atoms with van der Waals surface area (Å²) in [5.41, 5.74) is 10.4. The summed E-state index contributed by atoms with van der Waals surface area (Å²) < 4.78 is 5.52. The summed E-state index contributed by atoms with van der Waals surface area (Å²) in [4.78, 5) is 24.4. The van der Waals surface area contributed by atoms with Crippen LogP contribution in [0, 0.1) is 12.8 Å². The normalized spacial score (nSPS) is 20.0. The van der Waals surface area contributed by atoms with Crippen LogP contribution in [0.15, 0.2) is 28.3 Å². The van der Waals surface area contributed by atoms with E-state index in [4.69, 9.17) is 10.5 Å². The molecule has 2 rings (SSSR count). The number of primary amides is 1. The van der Waals surface area contributed by atoms with Crippen LogP contribution in [0.4, 0.5) is 0 Å². The fourth-order valence-electron chi connectivity index (χ4n) is 3.27. The molecule has 146 valence electrons. The van der Waals surface area contributed by atoms with Crippen molar-refractivity contribution in [2.75, 3.05) is 7.11 Å². The zero-order valence-electron chi connectivity index (χ0n) is 17.0. The highest BCUT2D eigenvalue weighted by atomic mass is 32.2. The standard InChI is InChI=1S/C21H28N2O3S/c1-10-8-16-12(3)11(2)13(4)19(17(16)9-18(10)26-7)27-21(23-15(6)24)14(5)20(22)25/h8-9,11-12H,1-7H3,(H2,22,25)(H,23,24)/b21-14+. The van der Waals surface area contributed by atoms with E-state index in [1.54, 1.807) is 14.0 Å². The van der Waals surface area contributed by atoms with Crippen molar-refractivity contribution in [1.29, 1.82) is 0 Å². The molecule has 0 saturated heterocycles. The first kappa shape index (κ1) is 21.1. The molecule has 0 fully saturated rings. The predicted octanol–water partition coefficient (Wildman–Crippen LogP) is 4.07. The molecule has 0 saturated carbocycles. The molecule has 2 amide bonds. The van der Waals surface area contributed by atoms with Crippen molar-refractivity contribution in [3.8, 4) is 5.75 Å². The van der Waals surface area contributed by atoms with E-state index in [2.05, 4.69) is 32.2 Å². The van der Waals surface area contributed by atoms with E-state index < -0.39 is 5.91 Å². The lowest BCUT2D eigenvalue weighted by Crippen LogP contribution is -2.24. The Labute approximate surface area is 165 Å². The van der Waals surface area contributed by atoms with E-state index in [-0.39, 0.29) is 5.91 Å². The maximum absolute atomic E-state index is 11.7. The van der Waals surface area contributed by atoms with Crippen molar-refractivity contribution in [3.63, 3.8) is 0 Å². The number of nitrogens with one attached hydrogen (secondary N) is 1. The van der Waals surface area contributed by atoms with Crippen molar-refractivity contribution in [2.45, 2.75) is 47.5 Å². The van der Waals surface area contributed by atoms with Crippen LogP contribution in [-0.4, -0.2) is 18.9 Å². The molecular weight excluding hydrogens is 360 g/mol. The minimum absolute atomic E-state index is 0.240. The molecule has 2 atom stereocenters. The number of allylic oxidation sites excluding steroid dienone is 1. The Hall–Kier alpha value is -2.21. The molecule has 1 aliphatic carbocycles. The summed E-state index contributed by atoms with van der Waals surface area (Å²) in [6, 6.07) is 4.22. The number of amides is 2. The number of ether oxygens (including phenoxy) is 1. The van der Waals surface area contributed by atoms with Gasteiger partial charge in [-0.1, -0.05) is 37.2 Å². The molecule has 6 heteroatoms. The number of thioether (sulfide) groups is 1. The third kappa shape index (κ3) is 4.21. The second kappa shape index (κ2) is 8.21. The van der Waals surface area contributed by atoms with Crippen molar-refractivity contribution >= 4 is 28.5 Å². The summed E-state index contributed by atoms with van der Waals surface area (Å²) in [5, 5.41) is 3.23. The van der Waals surface area contributed by atoms with Crippen molar-refractivity contribution in [3.05, 3.63) is 45.0 Å². The first-order valence-corrected chi connectivity index (χ1v) is 9.75. The number of nitrogens with two attached hydrogens (primary N) is 1. The quantitative estimate of drug-likeness (QED) is 0.745. The van der Waals surface area contributed by atoms with E-state index >= 15 is 0 Å². The van der Waals surface area contributed by atoms with Gasteiger partial charge in [-0.25, -0.2) is 0 Å². The minimum Gasteiger partial charge on any atom is -0.496 e. The smallest absolute Gasteiger partial charge is 0.246 e. The van der Waals surface area contributed by atoms with Gasteiger partial charge in [-0.15, -0.1) is 0 Å². The molecule has 0 aromatic heterocycles. The summed E-state index contributed by atoms with van der Waals surface area (Å²) in [6.07, 6.45) is 0. The Morgan fingerprint density at radius 2 is 1.78 bits per heavy atom. The number of carbonyl (C=O) groups excluding carboxylic acids is 2. The molecule has 2 unspecified atom stereocenters. The van der Waals surface area contributed by atoms with Crippen LogP contribution in [0.1, 0.15) is 57.2 Å². The lowest BCUT2D eigenvalue weighted by atomic mass is 9.76. The Balaban J connectivity index is 2.66. The molecule has 5 nitrogen and oxygen atoms in total. The highest BCUT2D eigenvalue weighted by Crippen LogP contribution is 2.49. The number of fused-ring (bicyclic) bond motifs is 1. The number of methoxy groups -OCH3 is 1. The van der Waals surface area contributed by atoms with Crippen LogP contribution in [0.3, 0.4) is 0 Å². The molecule has 0 aliphatic heterocycles. The molecule has 3 N–H and O–H groups in total. The van der Waals surface area contributed by atoms with Gasteiger partial charge in [-0.3, -0.25) is 9.59 Å². The van der Waals surface area contributed by atoms with Gasteiger partial charge in [-0.05, 0) is 55.4 Å². The Morgan fingerprint density at radius 1 is 1.15 bits per heavy atom. The predicted molar refractivity (Wildman–Crippen MR) is 111 cm³/mol. The molecular formula is C21H28N2O3S. The summed E-state index contributed by atoms with van der Waals surface area (Å²) in [7, 11) is 1.66. The van der Waals surface area contributed by atoms with Crippen LogP contribution in [0.25, 0.3) is 4.91 Å². The maximum Gasteiger partial charge on any atom is 0.246 e. The maximum atomic E-state index is 11.7. The van der Waals surface area contributed by atoms with Crippen LogP contribution < -0.4 is 15.8 Å². The van der Waals surface area contributed by atoms with Gasteiger partial charge >= 0.3 is 0 Å². The molecule has 0 bridgehead atoms. The first-order chi connectivity index (χ1) is 12.6. The molecule has 1 aliphatic rings. The van der Waals surface area contributed by atoms with Crippen LogP contribution >= 0.6 is 11.8 Å². The Kier molecular flexibility index (Phi) is 6.42. The number of benzene rings is 1. The van der Waals surface area contributed by atoms with Gasteiger partial charge in [0.25, 0.3) is 0 Å². The molecule has 0 radical (unpaired) electrons. The second-order valence-corrected chi connectivity index (χ2v) is 8.12. The second-order valence-electron chi connectivity index (χ2n) is 7.10. The number of rotatable bonds is 5. The number of carbonyl (C=O) groups is 2. The summed E-state index contributed by atoms with van der Waals surface area (Å²) in [6.45, 7) is 11.6. The monoisotopic (exact) mass is 388 g/mol. The lowest BCUT2D eigenvalue weighted by Gasteiger charge is -2.33. The third-order valence-corrected chi connectivity index (χ3v) is 6.66. The Morgan fingerprint density at radius 3 is 2.30 bits per heavy atom. The van der Waals surface area contributed by atoms with Crippen LogP contribution in [-0.2, 0) is 9.59 Å². The van der Waals surface area contributed by atoms with E-state index in [1.165, 1.54) is 29.8 Å². The lowest BCUT2D eigenvalue weighted by molar-refractivity contribution is -0.118. The van der Waals surface area contributed by atoms with Gasteiger partial charge in [0.15, 0.2) is 0 Å². The highest BCUT2D eigenvalue weighted by molar-refractivity contribution is 8.11. The number of aryl methyl sites for hydroxylation is 1. The van der Waals surface area contributed by atoms with Gasteiger partial charge in [0.05, 0.1) is 12.1 Å². The van der Waals surface area contributed by atoms with Crippen molar-refractivity contribution in [2.24, 2.45) is 11.7 Å². The van der Waals surface area contributed by atoms with Gasteiger partial charge in [0.2, 0.25) is 11.8 Å². The highest BCUT2D eigenvalue weighted by Gasteiger charge is 2.30. The number of hydrogen-bond acceptors (Lipinski definition) is 4. The van der Waals surface area contributed by atoms with Crippen LogP contribution in [0.5, 0.6) is 5.75 Å². The zero-order valence-corrected chi connectivity index (χ0v) is 17.8. The van der Waals surface area contributed by atoms with Crippen molar-refractivity contribution in [1.82, 2.24) is 5.32 Å². The van der Waals surface area contributed by atoms with Gasteiger partial charge in [0.1, 0.15) is 5.75 Å². The fraction of sp³-hybridized carbons (Fsp3) is 0.429. The zero-order chi connectivity index (χ0) is 20.5. The summed E-state index contributed by atoms with van der Waals surface area (Å²) >= 11 is 1.38. The van der Waals surface area contributed by atoms with E-state index in [9.17, 15) is 9.59 Å². The first-order valence-electron chi connectivity index (χ1n) is 8.94. The van der Waals surface area contributed by atoms with E-state index in [0.29, 0.717) is 22.4 Å². The van der Waals surface area contributed by atoms with E-state index in [0.717, 1.165) is 21.8 Å². The molecule has 1 aromatic rings. The topological polar surface area (TPSA) is 81.4 Å². The van der Waals surface area contributed by atoms with Gasteiger partial charge in [-0.2, -0.15) is 0 Å². The molecule has 0 heterocycles. The largest absolute Gasteiger partial charge is 0.496 e. The van der Waals surface area contributed by atoms with E-state index in [1.807, 2.05) is 13.0 Å². The molecule has 27 heavy (non-hydrogen) atoms. The summed E-state index contributed by atoms with van der Waals surface area (Å²) in [5.74, 6) is 0.719. The van der Waals surface area contributed by atoms with Gasteiger partial charge < -0.3 is 15.8 Å².